The van der Waals surface area contributed by atoms with Crippen LogP contribution in [0.5, 0.6) is 0 Å². The summed E-state index contributed by atoms with van der Waals surface area (Å²) in [4.78, 5) is 35.6. The summed E-state index contributed by atoms with van der Waals surface area (Å²) in [5, 5.41) is 5.18. The van der Waals surface area contributed by atoms with Crippen LogP contribution in [0.25, 0.3) is 0 Å². The Morgan fingerprint density at radius 3 is 2.35 bits per heavy atom. The van der Waals surface area contributed by atoms with Crippen LogP contribution in [0, 0.1) is 0 Å². The molecule has 2 amide bonds. The number of hydrogen-bond donors (Lipinski definition) is 2. The predicted molar refractivity (Wildman–Crippen MR) is 89.9 cm³/mol. The summed E-state index contributed by atoms with van der Waals surface area (Å²) in [6, 6.07) is 5.89. The number of carbonyl (C=O) groups excluding carboxylic acids is 3. The number of amides is 2. The smallest absolute Gasteiger partial charge is 0.329 e. The van der Waals surface area contributed by atoms with E-state index in [0.717, 1.165) is 10.9 Å². The van der Waals surface area contributed by atoms with Crippen molar-refractivity contribution in [1.29, 1.82) is 0 Å². The summed E-state index contributed by atoms with van der Waals surface area (Å²) >= 11 is 3.28. The van der Waals surface area contributed by atoms with Gasteiger partial charge in [-0.3, -0.25) is 9.59 Å². The lowest BCUT2D eigenvalue weighted by atomic mass is 10.2. The molecule has 1 aromatic rings. The van der Waals surface area contributed by atoms with E-state index in [-0.39, 0.29) is 11.8 Å². The second-order valence-electron chi connectivity index (χ2n) is 5.07. The highest BCUT2D eigenvalue weighted by atomic mass is 79.9. The lowest BCUT2D eigenvalue weighted by molar-refractivity contribution is -0.156. The van der Waals surface area contributed by atoms with Crippen molar-refractivity contribution in [2.24, 2.45) is 0 Å². The molecule has 6 nitrogen and oxygen atoms in total. The quantitative estimate of drug-likeness (QED) is 0.704. The zero-order valence-electron chi connectivity index (χ0n) is 13.4. The Balaban J connectivity index is 2.51. The molecule has 0 aliphatic heterocycles. The highest BCUT2D eigenvalue weighted by molar-refractivity contribution is 9.10. The van der Waals surface area contributed by atoms with Crippen LogP contribution in [0.15, 0.2) is 28.7 Å². The lowest BCUT2D eigenvalue weighted by Gasteiger charge is -2.17. The third-order valence-electron chi connectivity index (χ3n) is 3.02. The maximum Gasteiger partial charge on any atom is 0.329 e. The SMILES string of the molecule is CCCNC(=O)[C@@H](C)OC(=O)[C@H](C)NC(=O)c1ccc(Br)cc1. The molecule has 0 radical (unpaired) electrons. The number of halogens is 1. The molecule has 7 heteroatoms. The first-order valence-corrected chi connectivity index (χ1v) is 8.19. The normalized spacial score (nSPS) is 12.9. The molecule has 0 unspecified atom stereocenters. The fourth-order valence-corrected chi connectivity index (χ4v) is 1.93. The van der Waals surface area contributed by atoms with E-state index in [2.05, 4.69) is 26.6 Å². The molecule has 0 heterocycles. The minimum absolute atomic E-state index is 0.355. The Kier molecular flexibility index (Phi) is 7.74. The molecule has 0 bridgehead atoms. The van der Waals surface area contributed by atoms with Gasteiger partial charge in [0.05, 0.1) is 0 Å². The molecule has 0 aromatic heterocycles. The van der Waals surface area contributed by atoms with Crippen LogP contribution < -0.4 is 10.6 Å². The largest absolute Gasteiger partial charge is 0.451 e. The summed E-state index contributed by atoms with van der Waals surface area (Å²) in [7, 11) is 0. The van der Waals surface area contributed by atoms with Crippen molar-refractivity contribution >= 4 is 33.7 Å². The predicted octanol–water partition coefficient (Wildman–Crippen LogP) is 2.03. The highest BCUT2D eigenvalue weighted by Crippen LogP contribution is 2.10. The van der Waals surface area contributed by atoms with Crippen molar-refractivity contribution in [3.63, 3.8) is 0 Å². The molecule has 2 N–H and O–H groups in total. The van der Waals surface area contributed by atoms with Gasteiger partial charge in [0.2, 0.25) is 0 Å². The number of rotatable bonds is 7. The maximum atomic E-state index is 12.0. The first-order valence-electron chi connectivity index (χ1n) is 7.39. The molecule has 0 spiro atoms. The third-order valence-corrected chi connectivity index (χ3v) is 3.55. The zero-order chi connectivity index (χ0) is 17.4. The molecule has 126 valence electrons. The number of ether oxygens (including phenoxy) is 1. The van der Waals surface area contributed by atoms with Crippen LogP contribution in [0.2, 0.25) is 0 Å². The summed E-state index contributed by atoms with van der Waals surface area (Å²) in [5.74, 6) is -1.40. The van der Waals surface area contributed by atoms with Gasteiger partial charge in [-0.05, 0) is 44.5 Å². The Morgan fingerprint density at radius 1 is 1.17 bits per heavy atom. The van der Waals surface area contributed by atoms with Gasteiger partial charge in [0.15, 0.2) is 6.10 Å². The Bertz CT molecular complexity index is 560. The Hall–Kier alpha value is -1.89. The minimum atomic E-state index is -0.902. The van der Waals surface area contributed by atoms with E-state index in [0.29, 0.717) is 12.1 Å². The number of hydrogen-bond acceptors (Lipinski definition) is 4. The number of nitrogens with one attached hydrogen (secondary N) is 2. The summed E-state index contributed by atoms with van der Waals surface area (Å²) < 4.78 is 5.91. The van der Waals surface area contributed by atoms with Crippen LogP contribution in [0.4, 0.5) is 0 Å². The van der Waals surface area contributed by atoms with Gasteiger partial charge in [-0.1, -0.05) is 22.9 Å². The molecule has 1 rings (SSSR count). The van der Waals surface area contributed by atoms with Crippen molar-refractivity contribution in [2.75, 3.05) is 6.54 Å². The van der Waals surface area contributed by atoms with Gasteiger partial charge >= 0.3 is 5.97 Å². The van der Waals surface area contributed by atoms with Crippen molar-refractivity contribution in [1.82, 2.24) is 10.6 Å². The third kappa shape index (κ3) is 6.40. The van der Waals surface area contributed by atoms with Crippen molar-refractivity contribution in [3.05, 3.63) is 34.3 Å². The molecule has 0 saturated heterocycles. The van der Waals surface area contributed by atoms with Crippen LogP contribution in [0.3, 0.4) is 0 Å². The van der Waals surface area contributed by atoms with Gasteiger partial charge in [-0.15, -0.1) is 0 Å². The van der Waals surface area contributed by atoms with Gasteiger partial charge in [0.25, 0.3) is 11.8 Å². The summed E-state index contributed by atoms with van der Waals surface area (Å²) in [5.41, 5.74) is 0.432. The van der Waals surface area contributed by atoms with E-state index in [1.54, 1.807) is 24.3 Å². The number of benzene rings is 1. The second kappa shape index (κ2) is 9.29. The van der Waals surface area contributed by atoms with Gasteiger partial charge in [-0.2, -0.15) is 0 Å². The fraction of sp³-hybridized carbons (Fsp3) is 0.438. The highest BCUT2D eigenvalue weighted by Gasteiger charge is 2.23. The topological polar surface area (TPSA) is 84.5 Å². The molecule has 0 fully saturated rings. The molecular formula is C16H21BrN2O4. The van der Waals surface area contributed by atoms with E-state index in [9.17, 15) is 14.4 Å². The first kappa shape index (κ1) is 19.2. The monoisotopic (exact) mass is 384 g/mol. The van der Waals surface area contributed by atoms with Gasteiger partial charge in [0.1, 0.15) is 6.04 Å². The van der Waals surface area contributed by atoms with Crippen molar-refractivity contribution < 1.29 is 19.1 Å². The van der Waals surface area contributed by atoms with Crippen LogP contribution in [0.1, 0.15) is 37.6 Å². The molecule has 0 aliphatic rings. The van der Waals surface area contributed by atoms with E-state index < -0.39 is 18.1 Å². The summed E-state index contributed by atoms with van der Waals surface area (Å²) in [6.45, 7) is 5.45. The van der Waals surface area contributed by atoms with Gasteiger partial charge < -0.3 is 15.4 Å². The molecule has 23 heavy (non-hydrogen) atoms. The van der Waals surface area contributed by atoms with E-state index in [4.69, 9.17) is 4.74 Å². The Morgan fingerprint density at radius 2 is 1.78 bits per heavy atom. The fourth-order valence-electron chi connectivity index (χ4n) is 1.66. The van der Waals surface area contributed by atoms with Crippen molar-refractivity contribution in [2.45, 2.75) is 39.3 Å². The molecule has 0 aliphatic carbocycles. The average molecular weight is 385 g/mol. The first-order chi connectivity index (χ1) is 10.8. The number of carbonyl (C=O) groups is 3. The van der Waals surface area contributed by atoms with E-state index in [1.165, 1.54) is 13.8 Å². The summed E-state index contributed by atoms with van der Waals surface area (Å²) in [6.07, 6.45) is -0.104. The van der Waals surface area contributed by atoms with E-state index in [1.807, 2.05) is 6.92 Å². The maximum absolute atomic E-state index is 12.0. The van der Waals surface area contributed by atoms with Crippen molar-refractivity contribution in [3.8, 4) is 0 Å². The molecular weight excluding hydrogens is 364 g/mol. The molecule has 2 atom stereocenters. The lowest BCUT2D eigenvalue weighted by Crippen LogP contribution is -2.43. The zero-order valence-corrected chi connectivity index (χ0v) is 15.0. The standard InChI is InChI=1S/C16H21BrN2O4/c1-4-9-18-14(20)11(3)23-16(22)10(2)19-15(21)12-5-7-13(17)8-6-12/h5-8,10-11H,4,9H2,1-3H3,(H,18,20)(H,19,21)/t10-,11+/m0/s1. The minimum Gasteiger partial charge on any atom is -0.451 e. The van der Waals surface area contributed by atoms with Crippen LogP contribution in [-0.4, -0.2) is 36.5 Å². The second-order valence-corrected chi connectivity index (χ2v) is 5.99. The molecule has 0 saturated carbocycles. The average Bonchev–Trinajstić information content (AvgIpc) is 2.52. The van der Waals surface area contributed by atoms with E-state index >= 15 is 0 Å². The van der Waals surface area contributed by atoms with Gasteiger partial charge in [-0.25, -0.2) is 4.79 Å². The Labute approximate surface area is 144 Å². The van der Waals surface area contributed by atoms with Gasteiger partial charge in [0, 0.05) is 16.6 Å². The van der Waals surface area contributed by atoms with Crippen LogP contribution >= 0.6 is 15.9 Å². The molecule has 1 aromatic carbocycles. The number of esters is 1. The van der Waals surface area contributed by atoms with Crippen LogP contribution in [-0.2, 0) is 14.3 Å².